The number of alkyl halides is 3. The molecule has 1 aromatic heterocycles. The molecular formula is C11H7F5N2O4S2. The molecule has 0 aliphatic heterocycles. The third kappa shape index (κ3) is 5.42. The maximum absolute atomic E-state index is 13.3. The van der Waals surface area contributed by atoms with Gasteiger partial charge in [-0.1, -0.05) is 6.07 Å². The minimum Gasteiger partial charge on any atom is -0.475 e. The summed E-state index contributed by atoms with van der Waals surface area (Å²) in [6.45, 7) is 0. The number of nitrogens with one attached hydrogen (secondary N) is 1. The Balaban J connectivity index is 0.000000351. The van der Waals surface area contributed by atoms with Crippen molar-refractivity contribution in [1.82, 2.24) is 4.98 Å². The highest BCUT2D eigenvalue weighted by atomic mass is 32.2. The van der Waals surface area contributed by atoms with E-state index in [1.54, 1.807) is 0 Å². The molecule has 0 saturated carbocycles. The van der Waals surface area contributed by atoms with Crippen LogP contribution in [0.1, 0.15) is 0 Å². The first kappa shape index (κ1) is 19.8. The number of benzene rings is 1. The lowest BCUT2D eigenvalue weighted by Crippen LogP contribution is -2.21. The minimum absolute atomic E-state index is 0.0682. The van der Waals surface area contributed by atoms with Crippen LogP contribution in [-0.4, -0.2) is 30.7 Å². The van der Waals surface area contributed by atoms with E-state index in [-0.39, 0.29) is 5.82 Å². The first-order valence-corrected chi connectivity index (χ1v) is 8.03. The summed E-state index contributed by atoms with van der Waals surface area (Å²) in [5.74, 6) is -5.31. The summed E-state index contributed by atoms with van der Waals surface area (Å²) in [5.41, 5.74) is 1.42. The van der Waals surface area contributed by atoms with Crippen molar-refractivity contribution >= 4 is 33.1 Å². The number of anilines is 1. The van der Waals surface area contributed by atoms with Crippen LogP contribution in [0, 0.1) is 11.6 Å². The van der Waals surface area contributed by atoms with Crippen LogP contribution in [0.25, 0.3) is 0 Å². The van der Waals surface area contributed by atoms with Gasteiger partial charge in [-0.15, -0.1) is 11.3 Å². The van der Waals surface area contributed by atoms with Gasteiger partial charge in [-0.3, -0.25) is 4.72 Å². The number of carboxylic acids is 1. The van der Waals surface area contributed by atoms with Crippen molar-refractivity contribution in [2.24, 2.45) is 0 Å². The van der Waals surface area contributed by atoms with Crippen molar-refractivity contribution in [3.8, 4) is 0 Å². The van der Waals surface area contributed by atoms with Crippen molar-refractivity contribution in [1.29, 1.82) is 0 Å². The average molecular weight is 390 g/mol. The largest absolute Gasteiger partial charge is 0.490 e. The fraction of sp³-hybridized carbons (Fsp3) is 0.0909. The topological polar surface area (TPSA) is 96.4 Å². The predicted octanol–water partition coefficient (Wildman–Crippen LogP) is 2.86. The molecule has 2 aromatic rings. The van der Waals surface area contributed by atoms with Gasteiger partial charge in [0.15, 0.2) is 17.5 Å². The highest BCUT2D eigenvalue weighted by Crippen LogP contribution is 2.20. The van der Waals surface area contributed by atoms with E-state index in [0.29, 0.717) is 0 Å². The second-order valence-electron chi connectivity index (χ2n) is 3.83. The fourth-order valence-electron chi connectivity index (χ4n) is 1.15. The van der Waals surface area contributed by atoms with Crippen LogP contribution >= 0.6 is 11.3 Å². The number of aliphatic carboxylic acids is 1. The van der Waals surface area contributed by atoms with E-state index < -0.39 is 38.7 Å². The second-order valence-corrected chi connectivity index (χ2v) is 6.20. The molecule has 1 heterocycles. The molecule has 0 amide bonds. The molecule has 0 saturated heterocycles. The number of hydrogen-bond acceptors (Lipinski definition) is 5. The number of thiazole rings is 1. The van der Waals surface area contributed by atoms with Gasteiger partial charge in [0.05, 0.1) is 5.51 Å². The number of rotatable bonds is 3. The molecule has 0 unspecified atom stereocenters. The molecule has 0 fully saturated rings. The Morgan fingerprint density at radius 3 is 2.29 bits per heavy atom. The van der Waals surface area contributed by atoms with Crippen molar-refractivity contribution in [2.75, 3.05) is 4.72 Å². The Hall–Kier alpha value is -2.28. The van der Waals surface area contributed by atoms with Gasteiger partial charge in [-0.25, -0.2) is 27.0 Å². The van der Waals surface area contributed by atoms with Crippen LogP contribution in [0.15, 0.2) is 34.0 Å². The molecule has 0 radical (unpaired) electrons. The predicted molar refractivity (Wildman–Crippen MR) is 73.0 cm³/mol. The first-order valence-electron chi connectivity index (χ1n) is 5.60. The number of carboxylic acid groups (broad SMARTS) is 1. The number of sulfonamides is 1. The van der Waals surface area contributed by atoms with E-state index in [2.05, 4.69) is 4.98 Å². The SMILES string of the molecule is O=C(O)C(F)(F)F.O=S(=O)(Nc1cscn1)c1cccc(F)c1F. The summed E-state index contributed by atoms with van der Waals surface area (Å²) in [6, 6.07) is 2.94. The van der Waals surface area contributed by atoms with Gasteiger partial charge < -0.3 is 5.11 Å². The monoisotopic (exact) mass is 390 g/mol. The molecule has 2 N–H and O–H groups in total. The molecule has 0 aliphatic rings. The van der Waals surface area contributed by atoms with Crippen LogP contribution in [-0.2, 0) is 14.8 Å². The van der Waals surface area contributed by atoms with Crippen molar-refractivity contribution in [3.63, 3.8) is 0 Å². The van der Waals surface area contributed by atoms with E-state index in [1.807, 2.05) is 4.72 Å². The van der Waals surface area contributed by atoms with E-state index in [9.17, 15) is 30.4 Å². The third-order valence-corrected chi connectivity index (χ3v) is 4.08. The van der Waals surface area contributed by atoms with E-state index in [1.165, 1.54) is 22.2 Å². The zero-order chi connectivity index (χ0) is 18.5. The highest BCUT2D eigenvalue weighted by molar-refractivity contribution is 7.92. The molecule has 2 rings (SSSR count). The molecular weight excluding hydrogens is 383 g/mol. The Labute approximate surface area is 135 Å². The molecule has 132 valence electrons. The van der Waals surface area contributed by atoms with Crippen LogP contribution in [0.4, 0.5) is 27.8 Å². The van der Waals surface area contributed by atoms with Gasteiger partial charge in [0, 0.05) is 5.38 Å². The van der Waals surface area contributed by atoms with Gasteiger partial charge in [0.1, 0.15) is 4.90 Å². The number of nitrogens with zero attached hydrogens (tertiary/aromatic N) is 1. The standard InChI is InChI=1S/C9H6F2N2O2S2.C2HF3O2/c10-6-2-1-3-7(9(6)11)17(14,15)13-8-4-16-5-12-8;3-2(4,5)1(6)7/h1-5,13H;(H,6,7). The summed E-state index contributed by atoms with van der Waals surface area (Å²) in [4.78, 5) is 11.8. The number of halogens is 5. The maximum Gasteiger partial charge on any atom is 0.490 e. The van der Waals surface area contributed by atoms with Gasteiger partial charge >= 0.3 is 12.1 Å². The van der Waals surface area contributed by atoms with Crippen LogP contribution < -0.4 is 4.72 Å². The second kappa shape index (κ2) is 7.53. The number of carbonyl (C=O) groups is 1. The lowest BCUT2D eigenvalue weighted by molar-refractivity contribution is -0.192. The lowest BCUT2D eigenvalue weighted by Gasteiger charge is -2.06. The minimum atomic E-state index is -5.08. The Morgan fingerprint density at radius 2 is 1.83 bits per heavy atom. The van der Waals surface area contributed by atoms with Crippen LogP contribution in [0.3, 0.4) is 0 Å². The molecule has 0 bridgehead atoms. The zero-order valence-corrected chi connectivity index (χ0v) is 12.8. The Kier molecular flexibility index (Phi) is 6.20. The van der Waals surface area contributed by atoms with Crippen molar-refractivity contribution in [3.05, 3.63) is 40.7 Å². The highest BCUT2D eigenvalue weighted by Gasteiger charge is 2.38. The summed E-state index contributed by atoms with van der Waals surface area (Å²) in [6.07, 6.45) is -5.08. The maximum atomic E-state index is 13.3. The lowest BCUT2D eigenvalue weighted by atomic mass is 10.3. The average Bonchev–Trinajstić information content (AvgIpc) is 2.93. The molecule has 0 aliphatic carbocycles. The Morgan fingerprint density at radius 1 is 1.25 bits per heavy atom. The van der Waals surface area contributed by atoms with Gasteiger partial charge in [-0.2, -0.15) is 13.2 Å². The molecule has 0 spiro atoms. The molecule has 13 heteroatoms. The van der Waals surface area contributed by atoms with Crippen molar-refractivity contribution in [2.45, 2.75) is 11.1 Å². The van der Waals surface area contributed by atoms with E-state index in [0.717, 1.165) is 18.2 Å². The third-order valence-electron chi connectivity index (χ3n) is 2.12. The molecule has 6 nitrogen and oxygen atoms in total. The normalized spacial score (nSPS) is 11.4. The smallest absolute Gasteiger partial charge is 0.475 e. The molecule has 24 heavy (non-hydrogen) atoms. The van der Waals surface area contributed by atoms with E-state index >= 15 is 0 Å². The number of hydrogen-bond donors (Lipinski definition) is 2. The first-order chi connectivity index (χ1) is 10.9. The zero-order valence-electron chi connectivity index (χ0n) is 11.2. The molecule has 1 aromatic carbocycles. The quantitative estimate of drug-likeness (QED) is 0.786. The van der Waals surface area contributed by atoms with Gasteiger partial charge in [0.2, 0.25) is 0 Å². The van der Waals surface area contributed by atoms with Gasteiger partial charge in [0.25, 0.3) is 10.0 Å². The summed E-state index contributed by atoms with van der Waals surface area (Å²) >= 11 is 1.18. The summed E-state index contributed by atoms with van der Waals surface area (Å²) in [5, 5.41) is 8.56. The van der Waals surface area contributed by atoms with Gasteiger partial charge in [-0.05, 0) is 12.1 Å². The summed E-state index contributed by atoms with van der Waals surface area (Å²) < 4.78 is 83.4. The van der Waals surface area contributed by atoms with Crippen LogP contribution in [0.2, 0.25) is 0 Å². The molecule has 0 atom stereocenters. The van der Waals surface area contributed by atoms with Crippen molar-refractivity contribution < 1.29 is 40.3 Å². The number of aromatic nitrogens is 1. The Bertz CT molecular complexity index is 806. The van der Waals surface area contributed by atoms with Crippen LogP contribution in [0.5, 0.6) is 0 Å². The van der Waals surface area contributed by atoms with E-state index in [4.69, 9.17) is 9.90 Å². The summed E-state index contributed by atoms with van der Waals surface area (Å²) in [7, 11) is -4.16. The fourth-order valence-corrected chi connectivity index (χ4v) is 2.79.